The minimum absolute atomic E-state index is 0.208. The van der Waals surface area contributed by atoms with Crippen molar-refractivity contribution >= 4 is 5.91 Å². The molecule has 5 heteroatoms. The molecule has 0 radical (unpaired) electrons. The molecule has 0 atom stereocenters. The Morgan fingerprint density at radius 3 is 2.59 bits per heavy atom. The first kappa shape index (κ1) is 18.8. The number of carbonyl (C=O) groups is 1. The van der Waals surface area contributed by atoms with Crippen LogP contribution >= 0.6 is 0 Å². The van der Waals surface area contributed by atoms with Gasteiger partial charge in [0, 0.05) is 56.1 Å². The number of amides is 1. The first-order valence-electron chi connectivity index (χ1n) is 10.9. The molecule has 1 aliphatic carbocycles. The van der Waals surface area contributed by atoms with Crippen molar-refractivity contribution in [3.8, 4) is 11.1 Å². The summed E-state index contributed by atoms with van der Waals surface area (Å²) in [5.41, 5.74) is 5.43. The third-order valence-corrected chi connectivity index (χ3v) is 6.22. The summed E-state index contributed by atoms with van der Waals surface area (Å²) in [5.74, 6) is 0.922. The summed E-state index contributed by atoms with van der Waals surface area (Å²) in [5, 5.41) is 0. The Morgan fingerprint density at radius 2 is 1.86 bits per heavy atom. The lowest BCUT2D eigenvalue weighted by Gasteiger charge is -2.19. The molecule has 5 nitrogen and oxygen atoms in total. The van der Waals surface area contributed by atoms with E-state index in [1.807, 2.05) is 17.2 Å². The van der Waals surface area contributed by atoms with Gasteiger partial charge in [-0.05, 0) is 48.1 Å². The van der Waals surface area contributed by atoms with Crippen molar-refractivity contribution in [1.82, 2.24) is 19.7 Å². The van der Waals surface area contributed by atoms with Gasteiger partial charge >= 0.3 is 0 Å². The van der Waals surface area contributed by atoms with Crippen LogP contribution < -0.4 is 0 Å². The molecule has 2 fully saturated rings. The van der Waals surface area contributed by atoms with Gasteiger partial charge in [0.1, 0.15) is 0 Å². The van der Waals surface area contributed by atoms with Crippen LogP contribution in [0.4, 0.5) is 0 Å². The average molecular weight is 391 g/mol. The lowest BCUT2D eigenvalue weighted by molar-refractivity contribution is 0.0766. The monoisotopic (exact) mass is 390 g/mol. The van der Waals surface area contributed by atoms with Crippen LogP contribution in [-0.4, -0.2) is 57.9 Å². The highest BCUT2D eigenvalue weighted by Gasteiger charge is 2.38. The Balaban J connectivity index is 1.24. The Bertz CT molecular complexity index is 904. The molecule has 0 N–H and O–H groups in total. The van der Waals surface area contributed by atoms with E-state index in [1.54, 1.807) is 0 Å². The van der Waals surface area contributed by atoms with Gasteiger partial charge in [0.15, 0.2) is 0 Å². The van der Waals surface area contributed by atoms with E-state index in [2.05, 4.69) is 47.9 Å². The lowest BCUT2D eigenvalue weighted by atomic mass is 10.0. The zero-order chi connectivity index (χ0) is 20.0. The summed E-state index contributed by atoms with van der Waals surface area (Å²) in [6, 6.07) is 11.0. The SMILES string of the molecule is CC(C)CN1CCN(Cc2ccc(-c3ccc4c(c3)CN(C3CC3)C4=O)cn2)C1. The van der Waals surface area contributed by atoms with Gasteiger partial charge in [-0.15, -0.1) is 0 Å². The van der Waals surface area contributed by atoms with Gasteiger partial charge in [-0.2, -0.15) is 0 Å². The topological polar surface area (TPSA) is 39.7 Å². The zero-order valence-corrected chi connectivity index (χ0v) is 17.5. The van der Waals surface area contributed by atoms with Crippen molar-refractivity contribution in [1.29, 1.82) is 0 Å². The summed E-state index contributed by atoms with van der Waals surface area (Å²) in [7, 11) is 0. The van der Waals surface area contributed by atoms with E-state index in [4.69, 9.17) is 4.98 Å². The molecule has 1 amide bonds. The molecule has 0 bridgehead atoms. The van der Waals surface area contributed by atoms with Gasteiger partial charge in [-0.3, -0.25) is 19.6 Å². The number of aromatic nitrogens is 1. The maximum Gasteiger partial charge on any atom is 0.254 e. The molecule has 3 heterocycles. The lowest BCUT2D eigenvalue weighted by Crippen LogP contribution is -2.28. The van der Waals surface area contributed by atoms with Gasteiger partial charge in [-0.25, -0.2) is 0 Å². The highest BCUT2D eigenvalue weighted by molar-refractivity contribution is 5.99. The number of pyridine rings is 1. The van der Waals surface area contributed by atoms with Crippen molar-refractivity contribution in [2.75, 3.05) is 26.3 Å². The molecule has 3 aliphatic rings. The Labute approximate surface area is 173 Å². The number of nitrogens with zero attached hydrogens (tertiary/aromatic N) is 4. The molecule has 1 aromatic heterocycles. The fourth-order valence-corrected chi connectivity index (χ4v) is 4.62. The minimum Gasteiger partial charge on any atom is -0.331 e. The van der Waals surface area contributed by atoms with E-state index >= 15 is 0 Å². The summed E-state index contributed by atoms with van der Waals surface area (Å²) >= 11 is 0. The van der Waals surface area contributed by atoms with Crippen LogP contribution in [0.15, 0.2) is 36.5 Å². The van der Waals surface area contributed by atoms with Crippen LogP contribution in [0.2, 0.25) is 0 Å². The molecule has 29 heavy (non-hydrogen) atoms. The molecular formula is C24H30N4O. The van der Waals surface area contributed by atoms with Gasteiger partial charge in [-0.1, -0.05) is 26.0 Å². The van der Waals surface area contributed by atoms with Crippen molar-refractivity contribution in [3.63, 3.8) is 0 Å². The van der Waals surface area contributed by atoms with Crippen molar-refractivity contribution in [2.24, 2.45) is 5.92 Å². The second-order valence-corrected chi connectivity index (χ2v) is 9.24. The van der Waals surface area contributed by atoms with Crippen molar-refractivity contribution in [2.45, 2.75) is 45.8 Å². The maximum absolute atomic E-state index is 12.5. The predicted molar refractivity (Wildman–Crippen MR) is 114 cm³/mol. The summed E-state index contributed by atoms with van der Waals surface area (Å²) in [4.78, 5) is 24.3. The van der Waals surface area contributed by atoms with E-state index in [0.717, 1.165) is 73.6 Å². The second-order valence-electron chi connectivity index (χ2n) is 9.24. The molecule has 1 saturated carbocycles. The number of benzene rings is 1. The van der Waals surface area contributed by atoms with E-state index in [-0.39, 0.29) is 5.91 Å². The zero-order valence-electron chi connectivity index (χ0n) is 17.5. The number of hydrogen-bond donors (Lipinski definition) is 0. The smallest absolute Gasteiger partial charge is 0.254 e. The molecule has 0 unspecified atom stereocenters. The largest absolute Gasteiger partial charge is 0.331 e. The van der Waals surface area contributed by atoms with Gasteiger partial charge in [0.25, 0.3) is 5.91 Å². The van der Waals surface area contributed by atoms with Crippen LogP contribution in [0.1, 0.15) is 48.3 Å². The van der Waals surface area contributed by atoms with Gasteiger partial charge in [0.2, 0.25) is 0 Å². The molecule has 1 saturated heterocycles. The number of carbonyl (C=O) groups excluding carboxylic acids is 1. The summed E-state index contributed by atoms with van der Waals surface area (Å²) in [6.45, 7) is 10.7. The number of fused-ring (bicyclic) bond motifs is 1. The first-order chi connectivity index (χ1) is 14.1. The quantitative estimate of drug-likeness (QED) is 0.756. The number of hydrogen-bond acceptors (Lipinski definition) is 4. The van der Waals surface area contributed by atoms with Crippen LogP contribution in [0.25, 0.3) is 11.1 Å². The first-order valence-corrected chi connectivity index (χ1v) is 10.9. The predicted octanol–water partition coefficient (Wildman–Crippen LogP) is 3.60. The molecule has 152 valence electrons. The van der Waals surface area contributed by atoms with E-state index in [9.17, 15) is 4.79 Å². The molecule has 0 spiro atoms. The third-order valence-electron chi connectivity index (χ3n) is 6.22. The van der Waals surface area contributed by atoms with E-state index in [0.29, 0.717) is 12.0 Å². The standard InChI is InChI=1S/C24H30N4O/c1-17(2)13-26-9-10-27(16-26)15-21-5-3-19(12-25-21)18-4-8-23-20(11-18)14-28(24(23)29)22-6-7-22/h3-5,8,11-12,17,22H,6-7,9-10,13-16H2,1-2H3. The van der Waals surface area contributed by atoms with Crippen LogP contribution in [0.5, 0.6) is 0 Å². The molecule has 5 rings (SSSR count). The van der Waals surface area contributed by atoms with Crippen LogP contribution in [0, 0.1) is 5.92 Å². The van der Waals surface area contributed by atoms with Gasteiger partial charge in [0.05, 0.1) is 12.4 Å². The number of rotatable bonds is 6. The van der Waals surface area contributed by atoms with Crippen molar-refractivity contribution in [3.05, 3.63) is 53.3 Å². The van der Waals surface area contributed by atoms with E-state index < -0.39 is 0 Å². The van der Waals surface area contributed by atoms with Gasteiger partial charge < -0.3 is 4.90 Å². The van der Waals surface area contributed by atoms with E-state index in [1.165, 1.54) is 6.54 Å². The fourth-order valence-electron chi connectivity index (χ4n) is 4.62. The van der Waals surface area contributed by atoms with Crippen LogP contribution in [-0.2, 0) is 13.1 Å². The maximum atomic E-state index is 12.5. The molecular weight excluding hydrogens is 360 g/mol. The molecule has 2 aliphatic heterocycles. The third kappa shape index (κ3) is 3.94. The molecule has 2 aromatic rings. The Kier molecular flexibility index (Phi) is 4.88. The van der Waals surface area contributed by atoms with Crippen molar-refractivity contribution < 1.29 is 4.79 Å². The second kappa shape index (κ2) is 7.54. The highest BCUT2D eigenvalue weighted by Crippen LogP contribution is 2.36. The fraction of sp³-hybridized carbons (Fsp3) is 0.500. The van der Waals surface area contributed by atoms with Crippen LogP contribution in [0.3, 0.4) is 0 Å². The summed E-state index contributed by atoms with van der Waals surface area (Å²) in [6.07, 6.45) is 4.29. The summed E-state index contributed by atoms with van der Waals surface area (Å²) < 4.78 is 0. The normalized spacial score (nSPS) is 20.1. The highest BCUT2D eigenvalue weighted by atomic mass is 16.2. The Morgan fingerprint density at radius 1 is 1.07 bits per heavy atom. The molecule has 1 aromatic carbocycles. The average Bonchev–Trinajstić information content (AvgIpc) is 3.38. The minimum atomic E-state index is 0.208. The Hall–Kier alpha value is -2.24.